The standard InChI is InChI=1S/C20H21Cl2NO4/c1-12-8-16(13(2)23(12)10-15-4-3-7-26-15)19(24)11-27-20(25)14-5-6-17(21)18(22)9-14/h5-6,8-9,15H,3-4,7,10-11H2,1-2H3. The maximum atomic E-state index is 12.6. The zero-order valence-corrected chi connectivity index (χ0v) is 16.8. The number of aryl methyl sites for hydroxylation is 1. The van der Waals surface area contributed by atoms with Crippen LogP contribution in [-0.2, 0) is 16.0 Å². The predicted octanol–water partition coefficient (Wildman–Crippen LogP) is 4.63. The number of benzene rings is 1. The molecule has 1 atom stereocenters. The number of ether oxygens (including phenoxy) is 2. The van der Waals surface area contributed by atoms with Crippen LogP contribution >= 0.6 is 23.2 Å². The Balaban J connectivity index is 1.65. The summed E-state index contributed by atoms with van der Waals surface area (Å²) < 4.78 is 12.9. The molecule has 0 spiro atoms. The topological polar surface area (TPSA) is 57.5 Å². The van der Waals surface area contributed by atoms with E-state index in [-0.39, 0.29) is 29.1 Å². The van der Waals surface area contributed by atoms with E-state index < -0.39 is 5.97 Å². The highest BCUT2D eigenvalue weighted by Crippen LogP contribution is 2.23. The van der Waals surface area contributed by atoms with Gasteiger partial charge < -0.3 is 14.0 Å². The molecule has 144 valence electrons. The number of halogens is 2. The Bertz CT molecular complexity index is 869. The predicted molar refractivity (Wildman–Crippen MR) is 104 cm³/mol. The summed E-state index contributed by atoms with van der Waals surface area (Å²) in [6.45, 7) is 5.05. The van der Waals surface area contributed by atoms with E-state index in [2.05, 4.69) is 4.57 Å². The third-order valence-electron chi connectivity index (χ3n) is 4.77. The molecule has 0 N–H and O–H groups in total. The van der Waals surface area contributed by atoms with Gasteiger partial charge in [0.25, 0.3) is 0 Å². The van der Waals surface area contributed by atoms with Crippen LogP contribution in [0.5, 0.6) is 0 Å². The van der Waals surface area contributed by atoms with Crippen molar-refractivity contribution in [3.05, 3.63) is 56.8 Å². The van der Waals surface area contributed by atoms with Crippen molar-refractivity contribution < 1.29 is 19.1 Å². The van der Waals surface area contributed by atoms with Crippen molar-refractivity contribution in [1.29, 1.82) is 0 Å². The van der Waals surface area contributed by atoms with E-state index in [1.807, 2.05) is 19.9 Å². The highest BCUT2D eigenvalue weighted by Gasteiger charge is 2.22. The molecule has 0 radical (unpaired) electrons. The lowest BCUT2D eigenvalue weighted by Gasteiger charge is -2.14. The van der Waals surface area contributed by atoms with Crippen molar-refractivity contribution in [2.45, 2.75) is 39.3 Å². The molecular formula is C20H21Cl2NO4. The number of hydrogen-bond donors (Lipinski definition) is 0. The molecule has 1 saturated heterocycles. The van der Waals surface area contributed by atoms with E-state index >= 15 is 0 Å². The van der Waals surface area contributed by atoms with Crippen LogP contribution in [0.2, 0.25) is 10.0 Å². The van der Waals surface area contributed by atoms with Gasteiger partial charge in [0, 0.05) is 30.1 Å². The molecule has 1 aromatic carbocycles. The number of carbonyl (C=O) groups is 2. The minimum absolute atomic E-state index is 0.185. The van der Waals surface area contributed by atoms with Crippen molar-refractivity contribution >= 4 is 35.0 Å². The van der Waals surface area contributed by atoms with Gasteiger partial charge in [0.15, 0.2) is 6.61 Å². The van der Waals surface area contributed by atoms with Gasteiger partial charge in [0.1, 0.15) is 0 Å². The monoisotopic (exact) mass is 409 g/mol. The third-order valence-corrected chi connectivity index (χ3v) is 5.51. The number of hydrogen-bond acceptors (Lipinski definition) is 4. The van der Waals surface area contributed by atoms with Crippen LogP contribution in [0.1, 0.15) is 44.9 Å². The molecule has 3 rings (SSSR count). The van der Waals surface area contributed by atoms with Crippen molar-refractivity contribution in [3.63, 3.8) is 0 Å². The van der Waals surface area contributed by atoms with E-state index in [1.54, 1.807) is 0 Å². The molecule has 2 aromatic rings. The number of rotatable bonds is 6. The van der Waals surface area contributed by atoms with E-state index in [0.29, 0.717) is 10.6 Å². The SMILES string of the molecule is Cc1cc(C(=O)COC(=O)c2ccc(Cl)c(Cl)c2)c(C)n1CC1CCCO1. The van der Waals surface area contributed by atoms with Gasteiger partial charge in [-0.05, 0) is 51.0 Å². The number of ketones is 1. The Kier molecular flexibility index (Phi) is 6.25. The highest BCUT2D eigenvalue weighted by molar-refractivity contribution is 6.42. The Labute approximate surface area is 168 Å². The molecule has 2 heterocycles. The lowest BCUT2D eigenvalue weighted by molar-refractivity contribution is 0.0474. The first-order valence-electron chi connectivity index (χ1n) is 8.80. The van der Waals surface area contributed by atoms with Gasteiger partial charge in [0.05, 0.1) is 21.7 Å². The van der Waals surface area contributed by atoms with Crippen LogP contribution in [0.3, 0.4) is 0 Å². The molecule has 1 unspecified atom stereocenters. The second kappa shape index (κ2) is 8.46. The molecule has 1 aliphatic rings. The van der Waals surface area contributed by atoms with Crippen LogP contribution < -0.4 is 0 Å². The molecular weight excluding hydrogens is 389 g/mol. The van der Waals surface area contributed by atoms with Crippen LogP contribution in [0.15, 0.2) is 24.3 Å². The van der Waals surface area contributed by atoms with Gasteiger partial charge in [-0.15, -0.1) is 0 Å². The number of nitrogens with zero attached hydrogens (tertiary/aromatic N) is 1. The average Bonchev–Trinajstić information content (AvgIpc) is 3.25. The Morgan fingerprint density at radius 3 is 2.67 bits per heavy atom. The normalized spacial score (nSPS) is 16.5. The second-order valence-corrected chi connectivity index (χ2v) is 7.47. The van der Waals surface area contributed by atoms with Gasteiger partial charge in [0.2, 0.25) is 5.78 Å². The summed E-state index contributed by atoms with van der Waals surface area (Å²) in [6.07, 6.45) is 2.28. The van der Waals surface area contributed by atoms with Crippen LogP contribution in [0.25, 0.3) is 0 Å². The zero-order valence-electron chi connectivity index (χ0n) is 15.3. The second-order valence-electron chi connectivity index (χ2n) is 6.66. The summed E-state index contributed by atoms with van der Waals surface area (Å²) in [5.74, 6) is -0.856. The van der Waals surface area contributed by atoms with Crippen molar-refractivity contribution in [1.82, 2.24) is 4.57 Å². The first-order chi connectivity index (χ1) is 12.9. The van der Waals surface area contributed by atoms with Gasteiger partial charge in [-0.2, -0.15) is 0 Å². The summed E-state index contributed by atoms with van der Waals surface area (Å²) in [7, 11) is 0. The summed E-state index contributed by atoms with van der Waals surface area (Å²) in [4.78, 5) is 24.7. The Morgan fingerprint density at radius 1 is 1.22 bits per heavy atom. The first-order valence-corrected chi connectivity index (χ1v) is 9.56. The largest absolute Gasteiger partial charge is 0.454 e. The molecule has 1 aliphatic heterocycles. The van der Waals surface area contributed by atoms with Crippen molar-refractivity contribution in [3.8, 4) is 0 Å². The van der Waals surface area contributed by atoms with Crippen LogP contribution in [-0.4, -0.2) is 35.6 Å². The van der Waals surface area contributed by atoms with E-state index in [1.165, 1.54) is 18.2 Å². The minimum Gasteiger partial charge on any atom is -0.454 e. The molecule has 1 fully saturated rings. The minimum atomic E-state index is -0.616. The summed E-state index contributed by atoms with van der Waals surface area (Å²) in [6, 6.07) is 6.28. The fourth-order valence-electron chi connectivity index (χ4n) is 3.27. The lowest BCUT2D eigenvalue weighted by Crippen LogP contribution is -2.18. The third kappa shape index (κ3) is 4.54. The van der Waals surface area contributed by atoms with E-state index in [9.17, 15) is 9.59 Å². The van der Waals surface area contributed by atoms with Gasteiger partial charge in [-0.1, -0.05) is 23.2 Å². The van der Waals surface area contributed by atoms with Gasteiger partial charge in [-0.3, -0.25) is 4.79 Å². The van der Waals surface area contributed by atoms with Crippen LogP contribution in [0, 0.1) is 13.8 Å². The maximum Gasteiger partial charge on any atom is 0.338 e. The van der Waals surface area contributed by atoms with Crippen molar-refractivity contribution in [2.24, 2.45) is 0 Å². The molecule has 0 aliphatic carbocycles. The van der Waals surface area contributed by atoms with E-state index in [0.717, 1.165) is 37.4 Å². The smallest absolute Gasteiger partial charge is 0.338 e. The number of Topliss-reactive ketones (excluding diaryl/α,β-unsaturated/α-hetero) is 1. The summed E-state index contributed by atoms with van der Waals surface area (Å²) in [5, 5.41) is 0.609. The van der Waals surface area contributed by atoms with Crippen LogP contribution in [0.4, 0.5) is 0 Å². The Hall–Kier alpha value is -1.82. The number of esters is 1. The van der Waals surface area contributed by atoms with E-state index in [4.69, 9.17) is 32.7 Å². The number of carbonyl (C=O) groups excluding carboxylic acids is 2. The summed E-state index contributed by atoms with van der Waals surface area (Å²) in [5.41, 5.74) is 2.66. The molecule has 0 saturated carbocycles. The quantitative estimate of drug-likeness (QED) is 0.515. The van der Waals surface area contributed by atoms with Gasteiger partial charge in [-0.25, -0.2) is 4.79 Å². The molecule has 0 bridgehead atoms. The van der Waals surface area contributed by atoms with Crippen molar-refractivity contribution in [2.75, 3.05) is 13.2 Å². The maximum absolute atomic E-state index is 12.6. The molecule has 5 nitrogen and oxygen atoms in total. The zero-order chi connectivity index (χ0) is 19.6. The highest BCUT2D eigenvalue weighted by atomic mass is 35.5. The molecule has 1 aromatic heterocycles. The average molecular weight is 410 g/mol. The number of aromatic nitrogens is 1. The molecule has 27 heavy (non-hydrogen) atoms. The molecule has 7 heteroatoms. The fourth-order valence-corrected chi connectivity index (χ4v) is 3.57. The lowest BCUT2D eigenvalue weighted by atomic mass is 10.1. The Morgan fingerprint density at radius 2 is 2.00 bits per heavy atom. The summed E-state index contributed by atoms with van der Waals surface area (Å²) >= 11 is 11.7. The molecule has 0 amide bonds. The first kappa shape index (κ1) is 19.9. The van der Waals surface area contributed by atoms with Gasteiger partial charge >= 0.3 is 5.97 Å². The fraction of sp³-hybridized carbons (Fsp3) is 0.400.